The van der Waals surface area contributed by atoms with Crippen molar-refractivity contribution in [1.29, 1.82) is 0 Å². The second kappa shape index (κ2) is 15.9. The number of carbonyl (C=O) groups is 6. The number of carboxylic acids is 4. The Bertz CT molecular complexity index is 847. The Balaban J connectivity index is 2.83. The Morgan fingerprint density at radius 2 is 1.28 bits per heavy atom. The zero-order valence-corrected chi connectivity index (χ0v) is 19.7. The van der Waals surface area contributed by atoms with Gasteiger partial charge in [0.05, 0.1) is 19.6 Å². The molecule has 13 heteroatoms. The van der Waals surface area contributed by atoms with Crippen LogP contribution in [-0.4, -0.2) is 106 Å². The van der Waals surface area contributed by atoms with Gasteiger partial charge in [0.15, 0.2) is 0 Å². The Kier molecular flexibility index (Phi) is 13.4. The third-order valence-corrected chi connectivity index (χ3v) is 5.20. The highest BCUT2D eigenvalue weighted by molar-refractivity contribution is 5.78. The summed E-state index contributed by atoms with van der Waals surface area (Å²) in [6, 6.07) is 6.57. The number of aliphatic carboxylic acids is 4. The van der Waals surface area contributed by atoms with Crippen molar-refractivity contribution < 1.29 is 49.2 Å². The van der Waals surface area contributed by atoms with E-state index in [1.54, 1.807) is 29.2 Å². The van der Waals surface area contributed by atoms with E-state index in [9.17, 15) is 28.8 Å². The van der Waals surface area contributed by atoms with Crippen LogP contribution >= 0.6 is 0 Å². The number of amides is 1. The molecule has 0 aliphatic rings. The second-order valence-electron chi connectivity index (χ2n) is 8.26. The number of benzene rings is 1. The SMILES string of the molecule is O=Cc1ccc(CNC(=O)CN(CCC(CC(=O)O)CC(=O)O)CCN(CC(=O)O)CC(=O)O)cc1. The van der Waals surface area contributed by atoms with Crippen molar-refractivity contribution in [3.63, 3.8) is 0 Å². The van der Waals surface area contributed by atoms with Gasteiger partial charge in [0.25, 0.3) is 0 Å². The number of nitrogens with zero attached hydrogens (tertiary/aromatic N) is 2. The van der Waals surface area contributed by atoms with Gasteiger partial charge in [0.2, 0.25) is 5.91 Å². The summed E-state index contributed by atoms with van der Waals surface area (Å²) in [6.45, 7) is -0.797. The second-order valence-corrected chi connectivity index (χ2v) is 8.26. The van der Waals surface area contributed by atoms with E-state index in [2.05, 4.69) is 5.32 Å². The molecule has 0 atom stereocenters. The molecule has 0 saturated carbocycles. The topological polar surface area (TPSA) is 202 Å². The monoisotopic (exact) mass is 509 g/mol. The van der Waals surface area contributed by atoms with Crippen molar-refractivity contribution in [2.75, 3.05) is 39.3 Å². The fourth-order valence-corrected chi connectivity index (χ4v) is 3.46. The van der Waals surface area contributed by atoms with Gasteiger partial charge >= 0.3 is 23.9 Å². The number of hydrogen-bond acceptors (Lipinski definition) is 8. The molecule has 198 valence electrons. The van der Waals surface area contributed by atoms with Gasteiger partial charge in [-0.1, -0.05) is 24.3 Å². The predicted molar refractivity (Wildman–Crippen MR) is 124 cm³/mol. The van der Waals surface area contributed by atoms with Crippen molar-refractivity contribution in [3.8, 4) is 0 Å². The Hall–Kier alpha value is -3.84. The van der Waals surface area contributed by atoms with E-state index in [1.807, 2.05) is 0 Å². The van der Waals surface area contributed by atoms with Crippen LogP contribution in [0.4, 0.5) is 0 Å². The molecule has 0 saturated heterocycles. The molecule has 0 heterocycles. The molecule has 0 fully saturated rings. The lowest BCUT2D eigenvalue weighted by molar-refractivity contribution is -0.143. The highest BCUT2D eigenvalue weighted by atomic mass is 16.4. The zero-order chi connectivity index (χ0) is 27.1. The summed E-state index contributed by atoms with van der Waals surface area (Å²) in [6.07, 6.45) is 0.109. The summed E-state index contributed by atoms with van der Waals surface area (Å²) >= 11 is 0. The van der Waals surface area contributed by atoms with Gasteiger partial charge in [-0.25, -0.2) is 0 Å². The minimum absolute atomic E-state index is 0.00155. The molecule has 1 rings (SSSR count). The van der Waals surface area contributed by atoms with E-state index in [0.29, 0.717) is 11.8 Å². The fraction of sp³-hybridized carbons (Fsp3) is 0.478. The molecule has 0 aliphatic heterocycles. The summed E-state index contributed by atoms with van der Waals surface area (Å²) in [4.78, 5) is 70.4. The molecule has 0 bridgehead atoms. The first-order valence-corrected chi connectivity index (χ1v) is 11.1. The molecule has 5 N–H and O–H groups in total. The minimum atomic E-state index is -1.22. The van der Waals surface area contributed by atoms with E-state index >= 15 is 0 Å². The minimum Gasteiger partial charge on any atom is -0.481 e. The van der Waals surface area contributed by atoms with E-state index < -0.39 is 48.8 Å². The lowest BCUT2D eigenvalue weighted by Crippen LogP contribution is -2.44. The molecule has 0 aromatic heterocycles. The zero-order valence-electron chi connectivity index (χ0n) is 19.7. The smallest absolute Gasteiger partial charge is 0.317 e. The van der Waals surface area contributed by atoms with Gasteiger partial charge in [0, 0.05) is 38.0 Å². The van der Waals surface area contributed by atoms with Crippen molar-refractivity contribution >= 4 is 36.1 Å². The number of rotatable bonds is 19. The number of aldehydes is 1. The first-order valence-electron chi connectivity index (χ1n) is 11.1. The fourth-order valence-electron chi connectivity index (χ4n) is 3.46. The average molecular weight is 510 g/mol. The molecule has 0 unspecified atom stereocenters. The Labute approximate surface area is 207 Å². The summed E-state index contributed by atoms with van der Waals surface area (Å²) in [7, 11) is 0. The number of nitrogens with one attached hydrogen (secondary N) is 1. The Morgan fingerprint density at radius 3 is 1.75 bits per heavy atom. The highest BCUT2D eigenvalue weighted by Crippen LogP contribution is 2.15. The molecule has 1 aromatic rings. The van der Waals surface area contributed by atoms with Crippen LogP contribution < -0.4 is 5.32 Å². The third kappa shape index (κ3) is 13.8. The van der Waals surface area contributed by atoms with Crippen LogP contribution in [0.15, 0.2) is 24.3 Å². The quantitative estimate of drug-likeness (QED) is 0.155. The summed E-state index contributed by atoms with van der Waals surface area (Å²) in [5.74, 6) is -5.82. The summed E-state index contributed by atoms with van der Waals surface area (Å²) < 4.78 is 0. The van der Waals surface area contributed by atoms with Gasteiger partial charge in [0.1, 0.15) is 6.29 Å². The number of hydrogen-bond donors (Lipinski definition) is 5. The van der Waals surface area contributed by atoms with Crippen LogP contribution in [0, 0.1) is 5.92 Å². The van der Waals surface area contributed by atoms with Crippen molar-refractivity contribution in [1.82, 2.24) is 15.1 Å². The molecular formula is C23H31N3O10. The van der Waals surface area contributed by atoms with Crippen molar-refractivity contribution in [2.45, 2.75) is 25.8 Å². The maximum Gasteiger partial charge on any atom is 0.317 e. The van der Waals surface area contributed by atoms with Crippen LogP contribution in [-0.2, 0) is 30.5 Å². The molecule has 13 nitrogen and oxygen atoms in total. The third-order valence-electron chi connectivity index (χ3n) is 5.20. The first kappa shape index (κ1) is 30.2. The van der Waals surface area contributed by atoms with E-state index in [0.717, 1.165) is 5.56 Å². The van der Waals surface area contributed by atoms with Crippen LogP contribution in [0.2, 0.25) is 0 Å². The predicted octanol–water partition coefficient (Wildman–Crippen LogP) is -0.156. The number of carboxylic acid groups (broad SMARTS) is 4. The molecule has 1 amide bonds. The summed E-state index contributed by atoms with van der Waals surface area (Å²) in [5, 5.41) is 38.9. The molecule has 0 aliphatic carbocycles. The van der Waals surface area contributed by atoms with Gasteiger partial charge in [-0.2, -0.15) is 0 Å². The number of carbonyl (C=O) groups excluding carboxylic acids is 2. The van der Waals surface area contributed by atoms with Crippen LogP contribution in [0.25, 0.3) is 0 Å². The lowest BCUT2D eigenvalue weighted by Gasteiger charge is -2.27. The molecular weight excluding hydrogens is 478 g/mol. The Morgan fingerprint density at radius 1 is 0.750 bits per heavy atom. The van der Waals surface area contributed by atoms with Gasteiger partial charge in [-0.15, -0.1) is 0 Å². The van der Waals surface area contributed by atoms with Crippen LogP contribution in [0.5, 0.6) is 0 Å². The van der Waals surface area contributed by atoms with Crippen molar-refractivity contribution in [3.05, 3.63) is 35.4 Å². The molecule has 0 radical (unpaired) electrons. The van der Waals surface area contributed by atoms with Gasteiger partial charge in [-0.05, 0) is 24.4 Å². The van der Waals surface area contributed by atoms with E-state index in [4.69, 9.17) is 20.4 Å². The maximum absolute atomic E-state index is 12.6. The first-order chi connectivity index (χ1) is 17.0. The molecule has 0 spiro atoms. The normalized spacial score (nSPS) is 11.0. The lowest BCUT2D eigenvalue weighted by atomic mass is 9.97. The van der Waals surface area contributed by atoms with Crippen LogP contribution in [0.3, 0.4) is 0 Å². The van der Waals surface area contributed by atoms with Crippen molar-refractivity contribution in [2.24, 2.45) is 5.92 Å². The average Bonchev–Trinajstić information content (AvgIpc) is 2.78. The highest BCUT2D eigenvalue weighted by Gasteiger charge is 2.21. The van der Waals surface area contributed by atoms with E-state index in [-0.39, 0.29) is 52.0 Å². The molecule has 1 aromatic carbocycles. The standard InChI is InChI=1S/C23H31N3O10/c27-15-17-3-1-16(2-4-17)11-24-19(28)12-25(6-5-18(9-20(29)30)10-21(31)32)7-8-26(13-22(33)34)14-23(35)36/h1-4,15,18H,5-14H2,(H,24,28)(H,29,30)(H,31,32)(H,33,34)(H,35,36). The largest absolute Gasteiger partial charge is 0.481 e. The molecule has 36 heavy (non-hydrogen) atoms. The van der Waals surface area contributed by atoms with E-state index in [1.165, 1.54) is 4.90 Å². The van der Waals surface area contributed by atoms with Crippen LogP contribution in [0.1, 0.15) is 35.2 Å². The summed E-state index contributed by atoms with van der Waals surface area (Å²) in [5.41, 5.74) is 1.23. The van der Waals surface area contributed by atoms with Gasteiger partial charge in [-0.3, -0.25) is 38.6 Å². The maximum atomic E-state index is 12.6. The van der Waals surface area contributed by atoms with Gasteiger partial charge < -0.3 is 25.7 Å².